The minimum Gasteiger partial charge on any atom is -0.347 e. The smallest absolute Gasteiger partial charge is 0.347 e. The predicted molar refractivity (Wildman–Crippen MR) is 209 cm³/mol. The fraction of sp³-hybridized carbons (Fsp3) is 0.471. The SMILES string of the molecule is [C-]#[N+]CCOP1(=O)OC[C@H]2O[C@@H](n3nnc4c(=O)[nH]c(NC(=O)C(C)C)nc43)C(OS(=O)(=O)NC[C@H]3OC(n4cnc5c(NC(=O)c6ccccc6)ncnc54)[C@H](F)[C@@H]3O1)[C@@H]2C. The summed E-state index contributed by atoms with van der Waals surface area (Å²) in [5.41, 5.74) is -0.897. The average molecular weight is 902 g/mol. The van der Waals surface area contributed by atoms with Gasteiger partial charge in [-0.1, -0.05) is 44.2 Å². The van der Waals surface area contributed by atoms with Crippen LogP contribution in [0.1, 0.15) is 43.6 Å². The largest absolute Gasteiger partial charge is 0.475 e. The van der Waals surface area contributed by atoms with Gasteiger partial charge < -0.3 is 19.6 Å². The highest BCUT2D eigenvalue weighted by Gasteiger charge is 2.54. The van der Waals surface area contributed by atoms with Gasteiger partial charge >= 0.3 is 18.1 Å². The fourth-order valence-electron chi connectivity index (χ4n) is 6.79. The van der Waals surface area contributed by atoms with E-state index >= 15 is 4.39 Å². The first kappa shape index (κ1) is 43.0. The van der Waals surface area contributed by atoms with Gasteiger partial charge in [0, 0.05) is 23.9 Å². The molecule has 3 unspecified atom stereocenters. The van der Waals surface area contributed by atoms with Crippen molar-refractivity contribution in [3.8, 4) is 0 Å². The Morgan fingerprint density at radius 3 is 2.61 bits per heavy atom. The monoisotopic (exact) mass is 901 g/mol. The van der Waals surface area contributed by atoms with Crippen molar-refractivity contribution in [3.05, 3.63) is 70.3 Å². The van der Waals surface area contributed by atoms with E-state index in [0.29, 0.717) is 5.56 Å². The van der Waals surface area contributed by atoms with Crippen LogP contribution in [-0.4, -0.2) is 122 Å². The van der Waals surface area contributed by atoms with Crippen LogP contribution < -0.4 is 20.9 Å². The lowest BCUT2D eigenvalue weighted by molar-refractivity contribution is -0.118. The number of fused-ring (bicyclic) bond motifs is 5. The Balaban J connectivity index is 1.10. The molecule has 25 nitrogen and oxygen atoms in total. The Labute approximate surface area is 349 Å². The molecular weight excluding hydrogens is 864 g/mol. The van der Waals surface area contributed by atoms with Gasteiger partial charge in [0.05, 0.1) is 19.0 Å². The Kier molecular flexibility index (Phi) is 11.9. The number of hydrogen-bond donors (Lipinski definition) is 4. The van der Waals surface area contributed by atoms with E-state index in [1.54, 1.807) is 44.2 Å². The number of ether oxygens (including phenoxy) is 2. The average Bonchev–Trinajstić information content (AvgIpc) is 4.01. The van der Waals surface area contributed by atoms with E-state index in [-0.39, 0.29) is 40.6 Å². The lowest BCUT2D eigenvalue weighted by atomic mass is 10.0. The number of imidazole rings is 1. The number of amides is 2. The maximum absolute atomic E-state index is 16.8. The first-order valence-electron chi connectivity index (χ1n) is 18.9. The minimum atomic E-state index is -4.86. The molecule has 3 aliphatic heterocycles. The van der Waals surface area contributed by atoms with Crippen molar-refractivity contribution in [2.45, 2.75) is 63.8 Å². The first-order valence-corrected chi connectivity index (χ1v) is 21.8. The van der Waals surface area contributed by atoms with Gasteiger partial charge in [0.15, 0.2) is 46.8 Å². The third-order valence-electron chi connectivity index (χ3n) is 10.0. The number of hydrogen-bond acceptors (Lipinski definition) is 18. The molecule has 5 aromatic rings. The number of carbonyl (C=O) groups is 2. The summed E-state index contributed by atoms with van der Waals surface area (Å²) in [4.78, 5) is 60.7. The number of nitrogens with zero attached hydrogens (tertiary/aromatic N) is 9. The topological polar surface area (TPSA) is 301 Å². The third-order valence-corrected chi connectivity index (χ3v) is 12.5. The van der Waals surface area contributed by atoms with Crippen molar-refractivity contribution in [1.82, 2.24) is 49.2 Å². The molecule has 62 heavy (non-hydrogen) atoms. The predicted octanol–water partition coefficient (Wildman–Crippen LogP) is 1.65. The zero-order valence-corrected chi connectivity index (χ0v) is 34.4. The van der Waals surface area contributed by atoms with Gasteiger partial charge in [0.2, 0.25) is 18.4 Å². The summed E-state index contributed by atoms with van der Waals surface area (Å²) in [6, 6.07) is 8.27. The Bertz CT molecular complexity index is 2770. The number of rotatable bonds is 9. The highest BCUT2D eigenvalue weighted by Crippen LogP contribution is 2.55. The van der Waals surface area contributed by atoms with E-state index in [1.165, 1.54) is 6.92 Å². The number of H-pyrrole nitrogens is 1. The second-order valence-electron chi connectivity index (χ2n) is 14.5. The molecule has 28 heteroatoms. The van der Waals surface area contributed by atoms with Gasteiger partial charge in [-0.2, -0.15) is 22.8 Å². The number of phosphoric ester groups is 1. The Hall–Kier alpha value is -5.69. The molecule has 0 aliphatic carbocycles. The van der Waals surface area contributed by atoms with E-state index in [9.17, 15) is 27.4 Å². The summed E-state index contributed by atoms with van der Waals surface area (Å²) in [5.74, 6) is -2.62. The fourth-order valence-corrected chi connectivity index (χ4v) is 9.17. The van der Waals surface area contributed by atoms with Crippen LogP contribution >= 0.6 is 7.82 Å². The molecule has 0 saturated carbocycles. The molecule has 4 aromatic heterocycles. The van der Waals surface area contributed by atoms with Crippen molar-refractivity contribution in [3.63, 3.8) is 0 Å². The summed E-state index contributed by atoms with van der Waals surface area (Å²) in [5, 5.41) is 13.0. The van der Waals surface area contributed by atoms with E-state index in [0.717, 1.165) is 21.9 Å². The second kappa shape index (κ2) is 17.2. The maximum atomic E-state index is 16.8. The highest BCUT2D eigenvalue weighted by molar-refractivity contribution is 7.84. The summed E-state index contributed by atoms with van der Waals surface area (Å²) in [6.45, 7) is 9.84. The number of anilines is 2. The lowest BCUT2D eigenvalue weighted by Crippen LogP contribution is -2.42. The molecule has 328 valence electrons. The molecular formula is C34H37FN13O12PS. The molecule has 1 aromatic carbocycles. The van der Waals surface area contributed by atoms with Gasteiger partial charge in [0.25, 0.3) is 11.5 Å². The lowest BCUT2D eigenvalue weighted by Gasteiger charge is -2.26. The van der Waals surface area contributed by atoms with Gasteiger partial charge in [0.1, 0.15) is 31.2 Å². The summed E-state index contributed by atoms with van der Waals surface area (Å²) >= 11 is 0. The molecule has 3 aliphatic rings. The zero-order chi connectivity index (χ0) is 43.9. The number of carbonyl (C=O) groups excluding carboxylic acids is 2. The molecule has 2 amide bonds. The number of alkyl halides is 1. The number of aromatic nitrogens is 9. The van der Waals surface area contributed by atoms with Gasteiger partial charge in [-0.25, -0.2) is 34.7 Å². The summed E-state index contributed by atoms with van der Waals surface area (Å²) in [7, 11) is -9.66. The van der Waals surface area contributed by atoms with Gasteiger partial charge in [-0.05, 0) is 12.1 Å². The number of phosphoric acid groups is 1. The maximum Gasteiger partial charge on any atom is 0.475 e. The van der Waals surface area contributed by atoms with E-state index in [1.807, 2.05) is 0 Å². The number of aromatic amines is 1. The summed E-state index contributed by atoms with van der Waals surface area (Å²) in [6.07, 6.45) is -9.11. The molecule has 8 rings (SSSR count). The standard InChI is InChI=1S/C34H37FN13O12PS/c1-16(2)29(49)43-34-42-28-23(31(51)44-34)45-46-48(28)33-24-17(3)20(58-33)13-56-61(52,55-11-10-36-4)59-25-19(12-40-62(53,54)60-24)57-32(21(25)35)47-15-39-22-26(37-14-38-27(22)47)41-30(50)18-8-6-5-7-9-18/h5-9,14-17,19-21,24-25,32-33,40H,10-13H2,1-3H3,(H,37,38,41,50)(H2,42,43,44,49,51)/t17-,19-,20-,21-,24?,25-,32?,33-,61?/m1/s1. The van der Waals surface area contributed by atoms with Crippen LogP contribution in [0.25, 0.3) is 27.2 Å². The van der Waals surface area contributed by atoms with E-state index < -0.39 is 110 Å². The number of benzene rings is 1. The molecule has 7 heterocycles. The Morgan fingerprint density at radius 1 is 1.08 bits per heavy atom. The normalized spacial score (nSPS) is 28.7. The highest BCUT2D eigenvalue weighted by atomic mass is 32.2. The van der Waals surface area contributed by atoms with Crippen LogP contribution in [0.3, 0.4) is 0 Å². The van der Waals surface area contributed by atoms with Crippen molar-refractivity contribution >= 4 is 64.0 Å². The van der Waals surface area contributed by atoms with E-state index in [4.69, 9.17) is 33.8 Å². The summed E-state index contributed by atoms with van der Waals surface area (Å²) < 4.78 is 97.8. The molecule has 3 saturated heterocycles. The second-order valence-corrected chi connectivity index (χ2v) is 17.5. The molecule has 0 radical (unpaired) electrons. The Morgan fingerprint density at radius 2 is 1.85 bits per heavy atom. The zero-order valence-electron chi connectivity index (χ0n) is 32.7. The quantitative estimate of drug-likeness (QED) is 0.0929. The molecule has 4 N–H and O–H groups in total. The van der Waals surface area contributed by atoms with Crippen LogP contribution in [0.15, 0.2) is 47.8 Å². The molecule has 0 spiro atoms. The van der Waals surface area contributed by atoms with Crippen molar-refractivity contribution in [2.75, 3.05) is 36.9 Å². The van der Waals surface area contributed by atoms with Crippen LogP contribution in [0.4, 0.5) is 16.2 Å². The van der Waals surface area contributed by atoms with Gasteiger partial charge in [-0.15, -0.1) is 5.10 Å². The number of nitrogens with one attached hydrogen (secondary N) is 4. The van der Waals surface area contributed by atoms with Crippen LogP contribution in [-0.2, 0) is 46.9 Å². The van der Waals surface area contributed by atoms with E-state index in [2.05, 4.69) is 55.4 Å². The van der Waals surface area contributed by atoms with Gasteiger partial charge in [-0.3, -0.25) is 42.8 Å². The van der Waals surface area contributed by atoms with Crippen LogP contribution in [0, 0.1) is 18.4 Å². The van der Waals surface area contributed by atoms with Crippen molar-refractivity contribution in [1.29, 1.82) is 0 Å². The molecule has 3 fully saturated rings. The molecule has 2 bridgehead atoms. The van der Waals surface area contributed by atoms with Crippen LogP contribution in [0.5, 0.6) is 0 Å². The molecule has 9 atom stereocenters. The van der Waals surface area contributed by atoms with Crippen LogP contribution in [0.2, 0.25) is 0 Å². The third kappa shape index (κ3) is 8.56. The first-order chi connectivity index (χ1) is 29.6. The number of halogens is 1. The van der Waals surface area contributed by atoms with Crippen molar-refractivity contribution in [2.24, 2.45) is 11.8 Å². The van der Waals surface area contributed by atoms with Crippen molar-refractivity contribution < 1.29 is 54.2 Å². The minimum absolute atomic E-state index is 0.00163.